The topological polar surface area (TPSA) is 125 Å². The Morgan fingerprint density at radius 3 is 2.23 bits per heavy atom. The van der Waals surface area contributed by atoms with E-state index < -0.39 is 41.0 Å². The summed E-state index contributed by atoms with van der Waals surface area (Å²) in [6, 6.07) is 2.44. The number of carbonyl (C=O) groups excluding carboxylic acids is 3. The number of amides is 3. The lowest BCUT2D eigenvalue weighted by Gasteiger charge is -2.45. The molecule has 0 saturated carbocycles. The van der Waals surface area contributed by atoms with Gasteiger partial charge in [-0.3, -0.25) is 14.4 Å². The number of carbonyl (C=O) groups is 3. The van der Waals surface area contributed by atoms with Crippen molar-refractivity contribution in [2.24, 2.45) is 17.1 Å². The van der Waals surface area contributed by atoms with Crippen molar-refractivity contribution in [2.45, 2.75) is 65.5 Å². The second-order valence-corrected chi connectivity index (χ2v) is 10.3. The number of rotatable bonds is 14. The lowest BCUT2D eigenvalue weighted by atomic mass is 9.63. The summed E-state index contributed by atoms with van der Waals surface area (Å²) < 4.78 is 28.4. The average Bonchev–Trinajstić information content (AvgIpc) is 2.88. The van der Waals surface area contributed by atoms with Crippen LogP contribution in [0.3, 0.4) is 0 Å². The third-order valence-corrected chi connectivity index (χ3v) is 7.14. The fourth-order valence-corrected chi connectivity index (χ4v) is 5.37. The fourth-order valence-electron chi connectivity index (χ4n) is 5.37. The van der Waals surface area contributed by atoms with Crippen LogP contribution in [0.15, 0.2) is 41.5 Å². The molecule has 1 aliphatic rings. The van der Waals surface area contributed by atoms with Crippen LogP contribution >= 0.6 is 0 Å². The van der Waals surface area contributed by atoms with Crippen molar-refractivity contribution in [2.75, 3.05) is 26.7 Å². The SMILES string of the molecule is CCCN(CCC)C(=O)C1([C@H](Cc2cc(F)cc(F)c2)[C@@H](O)CN[C@@H](C)C(=O)NC)C=C(C)C=C(C(N)=O)C1. The minimum absolute atomic E-state index is 0.0699. The number of benzene rings is 1. The van der Waals surface area contributed by atoms with Gasteiger partial charge in [0, 0.05) is 44.2 Å². The molecule has 0 aromatic heterocycles. The van der Waals surface area contributed by atoms with Gasteiger partial charge in [0.2, 0.25) is 17.7 Å². The van der Waals surface area contributed by atoms with Crippen molar-refractivity contribution in [1.82, 2.24) is 15.5 Å². The third-order valence-electron chi connectivity index (χ3n) is 7.14. The third kappa shape index (κ3) is 8.19. The molecule has 0 aliphatic heterocycles. The summed E-state index contributed by atoms with van der Waals surface area (Å²) >= 11 is 0. The Kier molecular flexibility index (Phi) is 11.8. The van der Waals surface area contributed by atoms with Gasteiger partial charge >= 0.3 is 0 Å². The maximum Gasteiger partial charge on any atom is 0.244 e. The highest BCUT2D eigenvalue weighted by molar-refractivity contribution is 5.96. The van der Waals surface area contributed by atoms with Crippen LogP contribution in [-0.2, 0) is 20.8 Å². The Morgan fingerprint density at radius 2 is 1.72 bits per heavy atom. The minimum atomic E-state index is -1.44. The molecule has 0 saturated heterocycles. The molecule has 2 rings (SSSR count). The number of hydrogen-bond acceptors (Lipinski definition) is 5. The summed E-state index contributed by atoms with van der Waals surface area (Å²) in [5.41, 5.74) is 5.34. The van der Waals surface area contributed by atoms with E-state index in [-0.39, 0.29) is 42.3 Å². The maximum atomic E-state index is 14.4. The molecule has 0 heterocycles. The molecule has 1 aliphatic carbocycles. The monoisotopic (exact) mass is 548 g/mol. The number of primary amides is 1. The first-order valence-electron chi connectivity index (χ1n) is 13.5. The zero-order valence-corrected chi connectivity index (χ0v) is 23.5. The summed E-state index contributed by atoms with van der Waals surface area (Å²) in [5.74, 6) is -3.76. The van der Waals surface area contributed by atoms with Crippen LogP contribution in [0.25, 0.3) is 0 Å². The van der Waals surface area contributed by atoms with Crippen LogP contribution in [0, 0.1) is 23.0 Å². The van der Waals surface area contributed by atoms with Crippen molar-refractivity contribution in [3.05, 3.63) is 58.7 Å². The Hall–Kier alpha value is -3.11. The maximum absolute atomic E-state index is 14.4. The largest absolute Gasteiger partial charge is 0.391 e. The van der Waals surface area contributed by atoms with Crippen LogP contribution in [-0.4, -0.2) is 66.6 Å². The number of aliphatic hydroxyl groups is 1. The van der Waals surface area contributed by atoms with Gasteiger partial charge < -0.3 is 26.4 Å². The molecule has 216 valence electrons. The van der Waals surface area contributed by atoms with Crippen LogP contribution in [0.5, 0.6) is 0 Å². The predicted octanol–water partition coefficient (Wildman–Crippen LogP) is 2.61. The highest BCUT2D eigenvalue weighted by Crippen LogP contribution is 2.45. The molecule has 4 atom stereocenters. The summed E-state index contributed by atoms with van der Waals surface area (Å²) in [4.78, 5) is 40.6. The first-order chi connectivity index (χ1) is 18.4. The summed E-state index contributed by atoms with van der Waals surface area (Å²) in [5, 5.41) is 17.1. The standard InChI is InChI=1S/C29H42F2N4O4/c1-6-8-35(9-7-2)28(39)29(15-18(3)10-21(16-29)26(32)37)24(13-20-11-22(30)14-23(31)12-20)25(36)17-34-19(4)27(38)33-5/h10-12,14-15,19,24-25,34,36H,6-9,13,16-17H2,1-5H3,(H2,32,37)(H,33,38)/t19-,24+,25-,29?/m0/s1. The number of aliphatic hydroxyl groups excluding tert-OH is 1. The summed E-state index contributed by atoms with van der Waals surface area (Å²) in [6.45, 7) is 8.10. The quantitative estimate of drug-likeness (QED) is 0.285. The van der Waals surface area contributed by atoms with Crippen molar-refractivity contribution < 1.29 is 28.3 Å². The predicted molar refractivity (Wildman–Crippen MR) is 146 cm³/mol. The van der Waals surface area contributed by atoms with Crippen LogP contribution in [0.2, 0.25) is 0 Å². The van der Waals surface area contributed by atoms with E-state index in [2.05, 4.69) is 10.6 Å². The van der Waals surface area contributed by atoms with E-state index in [0.29, 0.717) is 31.5 Å². The van der Waals surface area contributed by atoms with Crippen molar-refractivity contribution >= 4 is 17.7 Å². The van der Waals surface area contributed by atoms with Gasteiger partial charge in [0.1, 0.15) is 11.6 Å². The Balaban J connectivity index is 2.70. The molecule has 0 radical (unpaired) electrons. The molecule has 1 aromatic carbocycles. The van der Waals surface area contributed by atoms with E-state index in [1.807, 2.05) is 13.8 Å². The van der Waals surface area contributed by atoms with Gasteiger partial charge in [0.05, 0.1) is 17.6 Å². The first kappa shape index (κ1) is 32.1. The highest BCUT2D eigenvalue weighted by Gasteiger charge is 2.50. The van der Waals surface area contributed by atoms with Gasteiger partial charge in [0.15, 0.2) is 0 Å². The number of halogens is 2. The minimum Gasteiger partial charge on any atom is -0.391 e. The van der Waals surface area contributed by atoms with Gasteiger partial charge in [0.25, 0.3) is 0 Å². The number of hydrogen-bond donors (Lipinski definition) is 4. The molecule has 39 heavy (non-hydrogen) atoms. The molecular formula is C29H42F2N4O4. The Labute approximate surface area is 229 Å². The molecule has 5 N–H and O–H groups in total. The van der Waals surface area contributed by atoms with Crippen LogP contribution in [0.4, 0.5) is 8.78 Å². The molecule has 3 amide bonds. The van der Waals surface area contributed by atoms with E-state index in [1.165, 1.54) is 19.2 Å². The molecule has 1 unspecified atom stereocenters. The number of nitrogens with two attached hydrogens (primary N) is 1. The highest BCUT2D eigenvalue weighted by atomic mass is 19.1. The van der Waals surface area contributed by atoms with Crippen molar-refractivity contribution in [3.8, 4) is 0 Å². The van der Waals surface area contributed by atoms with Gasteiger partial charge in [-0.2, -0.15) is 0 Å². The number of likely N-dealkylation sites (N-methyl/N-ethyl adjacent to an activating group) is 1. The number of nitrogens with one attached hydrogen (secondary N) is 2. The lowest BCUT2D eigenvalue weighted by molar-refractivity contribution is -0.145. The Morgan fingerprint density at radius 1 is 1.13 bits per heavy atom. The second kappa shape index (κ2) is 14.3. The number of allylic oxidation sites excluding steroid dienone is 2. The molecule has 0 fully saturated rings. The smallest absolute Gasteiger partial charge is 0.244 e. The van der Waals surface area contributed by atoms with Crippen molar-refractivity contribution in [1.29, 1.82) is 0 Å². The zero-order chi connectivity index (χ0) is 29.3. The molecule has 10 heteroatoms. The molecule has 8 nitrogen and oxygen atoms in total. The van der Waals surface area contributed by atoms with Gasteiger partial charge in [-0.15, -0.1) is 0 Å². The van der Waals surface area contributed by atoms with E-state index in [9.17, 15) is 28.3 Å². The molecule has 0 spiro atoms. The van der Waals surface area contributed by atoms with E-state index >= 15 is 0 Å². The second-order valence-electron chi connectivity index (χ2n) is 10.3. The van der Waals surface area contributed by atoms with Gasteiger partial charge in [-0.05, 0) is 57.2 Å². The summed E-state index contributed by atoms with van der Waals surface area (Å²) in [6.07, 6.45) is 3.36. The average molecular weight is 549 g/mol. The van der Waals surface area contributed by atoms with Crippen molar-refractivity contribution in [3.63, 3.8) is 0 Å². The lowest BCUT2D eigenvalue weighted by Crippen LogP contribution is -2.55. The molecule has 1 aromatic rings. The molecule has 0 bridgehead atoms. The Bertz CT molecular complexity index is 1080. The van der Waals surface area contributed by atoms with Crippen LogP contribution in [0.1, 0.15) is 52.5 Å². The van der Waals surface area contributed by atoms with E-state index in [4.69, 9.17) is 5.73 Å². The number of nitrogens with zero attached hydrogens (tertiary/aromatic N) is 1. The summed E-state index contributed by atoms with van der Waals surface area (Å²) in [7, 11) is 1.50. The van der Waals surface area contributed by atoms with Gasteiger partial charge in [-0.1, -0.05) is 31.6 Å². The van der Waals surface area contributed by atoms with Gasteiger partial charge in [-0.25, -0.2) is 8.78 Å². The first-order valence-corrected chi connectivity index (χ1v) is 13.5. The molecular weight excluding hydrogens is 506 g/mol. The zero-order valence-electron chi connectivity index (χ0n) is 23.5. The van der Waals surface area contributed by atoms with Crippen LogP contribution < -0.4 is 16.4 Å². The fraction of sp³-hybridized carbons (Fsp3) is 0.552. The van der Waals surface area contributed by atoms with E-state index in [0.717, 1.165) is 6.07 Å². The van der Waals surface area contributed by atoms with E-state index in [1.54, 1.807) is 30.9 Å². The normalized spacial score (nSPS) is 19.4.